The standard InChI is InChI=1S/C8H8O9/c1-2(4(10)11)3(9)8(5(12)13,6(14)15)7(16)17/h2H,1H3,(H,10,11)(H,12,13)(H,14,15)(H,16,17). The Kier molecular flexibility index (Phi) is 3.93. The number of carboxylic acids is 4. The zero-order chi connectivity index (χ0) is 14.0. The first kappa shape index (κ1) is 14.6. The van der Waals surface area contributed by atoms with Gasteiger partial charge in [0.25, 0.3) is 0 Å². The normalized spacial score (nSPS) is 12.5. The Morgan fingerprint density at radius 2 is 1.12 bits per heavy atom. The van der Waals surface area contributed by atoms with Crippen molar-refractivity contribution in [1.29, 1.82) is 0 Å². The van der Waals surface area contributed by atoms with Gasteiger partial charge in [-0.15, -0.1) is 0 Å². The SMILES string of the molecule is CC(C(=O)O)C(=O)C(C(=O)O)(C(=O)O)C(=O)O. The van der Waals surface area contributed by atoms with Crippen LogP contribution in [0.2, 0.25) is 0 Å². The van der Waals surface area contributed by atoms with E-state index in [1.807, 2.05) is 0 Å². The van der Waals surface area contributed by atoms with Gasteiger partial charge in [-0.1, -0.05) is 0 Å². The number of carbonyl (C=O) groups excluding carboxylic acids is 1. The third kappa shape index (κ3) is 2.07. The van der Waals surface area contributed by atoms with Crippen LogP contribution in [-0.2, 0) is 24.0 Å². The van der Waals surface area contributed by atoms with Gasteiger partial charge in [-0.3, -0.25) is 9.59 Å². The zero-order valence-electron chi connectivity index (χ0n) is 8.41. The molecule has 0 aliphatic rings. The summed E-state index contributed by atoms with van der Waals surface area (Å²) < 4.78 is 0. The minimum absolute atomic E-state index is 0.703. The summed E-state index contributed by atoms with van der Waals surface area (Å²) in [6.45, 7) is 0.703. The minimum atomic E-state index is -3.81. The average Bonchev–Trinajstić information content (AvgIpc) is 2.14. The average molecular weight is 248 g/mol. The quantitative estimate of drug-likeness (QED) is 0.409. The summed E-state index contributed by atoms with van der Waals surface area (Å²) in [5.74, 6) is -13.2. The van der Waals surface area contributed by atoms with Gasteiger partial charge in [0.2, 0.25) is 0 Å². The summed E-state index contributed by atoms with van der Waals surface area (Å²) in [4.78, 5) is 54.0. The summed E-state index contributed by atoms with van der Waals surface area (Å²) in [6.07, 6.45) is 0. The maximum Gasteiger partial charge on any atom is 0.340 e. The Morgan fingerprint density at radius 3 is 1.29 bits per heavy atom. The lowest BCUT2D eigenvalue weighted by Crippen LogP contribution is -2.55. The molecule has 0 bridgehead atoms. The number of Topliss-reactive ketones (excluding diaryl/α,β-unsaturated/α-hetero) is 1. The van der Waals surface area contributed by atoms with Crippen molar-refractivity contribution in [2.45, 2.75) is 6.92 Å². The Bertz CT molecular complexity index is 371. The highest BCUT2D eigenvalue weighted by Gasteiger charge is 2.62. The number of rotatable bonds is 6. The van der Waals surface area contributed by atoms with Crippen LogP contribution < -0.4 is 0 Å². The van der Waals surface area contributed by atoms with Crippen LogP contribution in [0.15, 0.2) is 0 Å². The van der Waals surface area contributed by atoms with Gasteiger partial charge in [-0.25, -0.2) is 14.4 Å². The molecule has 0 heterocycles. The number of carboxylic acid groups (broad SMARTS) is 4. The van der Waals surface area contributed by atoms with Gasteiger partial charge in [0.15, 0.2) is 5.78 Å². The van der Waals surface area contributed by atoms with Gasteiger partial charge in [-0.05, 0) is 6.92 Å². The predicted molar refractivity (Wildman–Crippen MR) is 47.1 cm³/mol. The predicted octanol–water partition coefficient (Wildman–Crippen LogP) is -1.48. The first-order valence-corrected chi connectivity index (χ1v) is 4.07. The second-order valence-corrected chi connectivity index (χ2v) is 3.09. The lowest BCUT2D eigenvalue weighted by Gasteiger charge is -2.20. The van der Waals surface area contributed by atoms with Crippen molar-refractivity contribution in [1.82, 2.24) is 0 Å². The van der Waals surface area contributed by atoms with Crippen molar-refractivity contribution in [3.8, 4) is 0 Å². The van der Waals surface area contributed by atoms with E-state index in [0.29, 0.717) is 6.92 Å². The van der Waals surface area contributed by atoms with E-state index in [9.17, 15) is 24.0 Å². The molecule has 0 saturated carbocycles. The number of aliphatic carboxylic acids is 4. The van der Waals surface area contributed by atoms with E-state index in [4.69, 9.17) is 20.4 Å². The summed E-state index contributed by atoms with van der Waals surface area (Å²) in [5.41, 5.74) is -3.81. The number of ketones is 1. The van der Waals surface area contributed by atoms with E-state index >= 15 is 0 Å². The molecule has 0 aromatic rings. The van der Waals surface area contributed by atoms with E-state index in [-0.39, 0.29) is 0 Å². The van der Waals surface area contributed by atoms with Crippen LogP contribution in [0.5, 0.6) is 0 Å². The molecule has 94 valence electrons. The van der Waals surface area contributed by atoms with Gasteiger partial charge < -0.3 is 20.4 Å². The molecular formula is C8H8O9. The van der Waals surface area contributed by atoms with Crippen molar-refractivity contribution in [2.75, 3.05) is 0 Å². The topological polar surface area (TPSA) is 166 Å². The van der Waals surface area contributed by atoms with Crippen LogP contribution in [0.25, 0.3) is 0 Å². The fourth-order valence-corrected chi connectivity index (χ4v) is 1.03. The third-order valence-electron chi connectivity index (χ3n) is 2.10. The molecule has 0 saturated heterocycles. The van der Waals surface area contributed by atoms with Gasteiger partial charge >= 0.3 is 29.3 Å². The third-order valence-corrected chi connectivity index (χ3v) is 2.10. The van der Waals surface area contributed by atoms with E-state index in [1.165, 1.54) is 0 Å². The molecule has 4 N–H and O–H groups in total. The summed E-state index contributed by atoms with van der Waals surface area (Å²) in [5, 5.41) is 34.2. The molecule has 0 aromatic carbocycles. The molecule has 9 nitrogen and oxygen atoms in total. The molecule has 0 amide bonds. The fraction of sp³-hybridized carbons (Fsp3) is 0.375. The minimum Gasteiger partial charge on any atom is -0.481 e. The Labute approximate surface area is 93.3 Å². The highest BCUT2D eigenvalue weighted by Crippen LogP contribution is 2.25. The molecule has 1 atom stereocenters. The number of hydrogen-bond acceptors (Lipinski definition) is 5. The van der Waals surface area contributed by atoms with E-state index < -0.39 is 41.0 Å². The molecule has 0 radical (unpaired) electrons. The first-order valence-electron chi connectivity index (χ1n) is 4.07. The lowest BCUT2D eigenvalue weighted by molar-refractivity contribution is -0.178. The Hall–Kier alpha value is -2.45. The van der Waals surface area contributed by atoms with Crippen LogP contribution in [-0.4, -0.2) is 50.1 Å². The first-order chi connectivity index (χ1) is 7.59. The maximum atomic E-state index is 11.4. The van der Waals surface area contributed by atoms with Crippen LogP contribution in [0, 0.1) is 11.3 Å². The zero-order valence-corrected chi connectivity index (χ0v) is 8.41. The van der Waals surface area contributed by atoms with Gasteiger partial charge in [-0.2, -0.15) is 0 Å². The molecule has 0 aromatic heterocycles. The van der Waals surface area contributed by atoms with Gasteiger partial charge in [0, 0.05) is 0 Å². The van der Waals surface area contributed by atoms with E-state index in [2.05, 4.69) is 0 Å². The molecule has 17 heavy (non-hydrogen) atoms. The van der Waals surface area contributed by atoms with Gasteiger partial charge in [0.1, 0.15) is 5.92 Å². The van der Waals surface area contributed by atoms with Crippen LogP contribution in [0.1, 0.15) is 6.92 Å². The largest absolute Gasteiger partial charge is 0.481 e. The molecule has 0 rings (SSSR count). The number of carbonyl (C=O) groups is 5. The van der Waals surface area contributed by atoms with Crippen molar-refractivity contribution in [2.24, 2.45) is 11.3 Å². The number of hydrogen-bond donors (Lipinski definition) is 4. The summed E-state index contributed by atoms with van der Waals surface area (Å²) >= 11 is 0. The van der Waals surface area contributed by atoms with Crippen LogP contribution >= 0.6 is 0 Å². The highest BCUT2D eigenvalue weighted by atomic mass is 16.4. The fourth-order valence-electron chi connectivity index (χ4n) is 1.03. The molecule has 0 aliphatic heterocycles. The maximum absolute atomic E-state index is 11.4. The van der Waals surface area contributed by atoms with Crippen LogP contribution in [0.4, 0.5) is 0 Å². The second-order valence-electron chi connectivity index (χ2n) is 3.09. The lowest BCUT2D eigenvalue weighted by atomic mass is 9.78. The summed E-state index contributed by atoms with van der Waals surface area (Å²) in [7, 11) is 0. The van der Waals surface area contributed by atoms with E-state index in [0.717, 1.165) is 0 Å². The highest BCUT2D eigenvalue weighted by molar-refractivity contribution is 6.35. The smallest absolute Gasteiger partial charge is 0.340 e. The van der Waals surface area contributed by atoms with Crippen molar-refractivity contribution in [3.63, 3.8) is 0 Å². The molecule has 1 unspecified atom stereocenters. The van der Waals surface area contributed by atoms with Crippen molar-refractivity contribution in [3.05, 3.63) is 0 Å². The van der Waals surface area contributed by atoms with Crippen molar-refractivity contribution < 1.29 is 44.4 Å². The van der Waals surface area contributed by atoms with Crippen molar-refractivity contribution >= 4 is 29.7 Å². The van der Waals surface area contributed by atoms with Crippen LogP contribution in [0.3, 0.4) is 0 Å². The van der Waals surface area contributed by atoms with E-state index in [1.54, 1.807) is 0 Å². The molecule has 0 spiro atoms. The molecule has 0 aliphatic carbocycles. The second kappa shape index (κ2) is 4.60. The molecule has 9 heteroatoms. The molecular weight excluding hydrogens is 240 g/mol. The molecule has 0 fully saturated rings. The summed E-state index contributed by atoms with van der Waals surface area (Å²) in [6, 6.07) is 0. The van der Waals surface area contributed by atoms with Gasteiger partial charge in [0.05, 0.1) is 0 Å². The monoisotopic (exact) mass is 248 g/mol. The Balaban J connectivity index is 5.88. The Morgan fingerprint density at radius 1 is 0.824 bits per heavy atom.